The lowest BCUT2D eigenvalue weighted by atomic mass is 10.2. The molecule has 0 spiro atoms. The zero-order valence-corrected chi connectivity index (χ0v) is 8.67. The van der Waals surface area contributed by atoms with Crippen LogP contribution in [0.4, 0.5) is 0 Å². The van der Waals surface area contributed by atoms with E-state index in [-0.39, 0.29) is 5.92 Å². The van der Waals surface area contributed by atoms with E-state index < -0.39 is 0 Å². The van der Waals surface area contributed by atoms with Crippen LogP contribution in [0, 0.1) is 17.2 Å². The van der Waals surface area contributed by atoms with Gasteiger partial charge in [0.1, 0.15) is 0 Å². The van der Waals surface area contributed by atoms with Crippen LogP contribution in [-0.2, 0) is 6.42 Å². The molecule has 0 aliphatic carbocycles. The Morgan fingerprint density at radius 3 is 2.73 bits per heavy atom. The van der Waals surface area contributed by atoms with Crippen LogP contribution in [-0.4, -0.2) is 12.4 Å². The highest BCUT2D eigenvalue weighted by Gasteiger charge is 1.89. The van der Waals surface area contributed by atoms with Gasteiger partial charge in [0.15, 0.2) is 0 Å². The fraction of sp³-hybridized carbons (Fsp3) is 0.250. The van der Waals surface area contributed by atoms with Gasteiger partial charge in [-0.3, -0.25) is 0 Å². The van der Waals surface area contributed by atoms with E-state index in [1.807, 2.05) is 30.3 Å². The van der Waals surface area contributed by atoms with Crippen LogP contribution in [0.2, 0.25) is 0 Å². The SMILES string of the molecule is CC(C#N)C=NN=CCc1ccccc1. The fourth-order valence-corrected chi connectivity index (χ4v) is 0.979. The molecule has 0 aliphatic rings. The van der Waals surface area contributed by atoms with Crippen LogP contribution in [0.25, 0.3) is 0 Å². The average Bonchev–Trinajstić information content (AvgIpc) is 2.29. The summed E-state index contributed by atoms with van der Waals surface area (Å²) < 4.78 is 0. The Kier molecular flexibility index (Phi) is 4.82. The second-order valence-electron chi connectivity index (χ2n) is 3.17. The normalized spacial score (nSPS) is 13.1. The van der Waals surface area contributed by atoms with Gasteiger partial charge in [0.2, 0.25) is 0 Å². The van der Waals surface area contributed by atoms with Gasteiger partial charge in [0.25, 0.3) is 0 Å². The van der Waals surface area contributed by atoms with Crippen molar-refractivity contribution in [3.8, 4) is 6.07 Å². The monoisotopic (exact) mass is 199 g/mol. The molecule has 1 aromatic rings. The van der Waals surface area contributed by atoms with Crippen LogP contribution in [0.5, 0.6) is 0 Å². The van der Waals surface area contributed by atoms with E-state index in [0.29, 0.717) is 0 Å². The Labute approximate surface area is 89.8 Å². The van der Waals surface area contributed by atoms with Gasteiger partial charge in [0, 0.05) is 18.9 Å². The van der Waals surface area contributed by atoms with Gasteiger partial charge in [0.05, 0.1) is 12.0 Å². The molecule has 1 unspecified atom stereocenters. The van der Waals surface area contributed by atoms with Crippen molar-refractivity contribution in [1.82, 2.24) is 0 Å². The molecule has 1 aromatic carbocycles. The molecular formula is C12H13N3. The molecule has 0 fully saturated rings. The van der Waals surface area contributed by atoms with E-state index in [0.717, 1.165) is 6.42 Å². The van der Waals surface area contributed by atoms with E-state index >= 15 is 0 Å². The lowest BCUT2D eigenvalue weighted by molar-refractivity contribution is 1.02. The van der Waals surface area contributed by atoms with Gasteiger partial charge in [-0.2, -0.15) is 15.5 Å². The summed E-state index contributed by atoms with van der Waals surface area (Å²) in [5, 5.41) is 16.1. The van der Waals surface area contributed by atoms with Crippen molar-refractivity contribution >= 4 is 12.4 Å². The first-order valence-corrected chi connectivity index (χ1v) is 4.81. The molecular weight excluding hydrogens is 186 g/mol. The van der Waals surface area contributed by atoms with Crippen LogP contribution in [0.15, 0.2) is 40.5 Å². The highest BCUT2D eigenvalue weighted by Crippen LogP contribution is 1.97. The van der Waals surface area contributed by atoms with Crippen molar-refractivity contribution in [2.75, 3.05) is 0 Å². The highest BCUT2D eigenvalue weighted by atomic mass is 15.2. The Bertz CT molecular complexity index is 374. The van der Waals surface area contributed by atoms with Gasteiger partial charge in [-0.05, 0) is 12.5 Å². The summed E-state index contributed by atoms with van der Waals surface area (Å²) in [7, 11) is 0. The molecule has 1 atom stereocenters. The predicted octanol–water partition coefficient (Wildman–Crippen LogP) is 2.45. The van der Waals surface area contributed by atoms with Crippen LogP contribution in [0.3, 0.4) is 0 Å². The first-order valence-electron chi connectivity index (χ1n) is 4.81. The predicted molar refractivity (Wildman–Crippen MR) is 61.9 cm³/mol. The summed E-state index contributed by atoms with van der Waals surface area (Å²) in [6, 6.07) is 12.1. The number of hydrogen-bond acceptors (Lipinski definition) is 3. The topological polar surface area (TPSA) is 48.5 Å². The van der Waals surface area contributed by atoms with Crippen molar-refractivity contribution in [3.05, 3.63) is 35.9 Å². The maximum absolute atomic E-state index is 8.48. The average molecular weight is 199 g/mol. The van der Waals surface area contributed by atoms with Gasteiger partial charge in [-0.25, -0.2) is 0 Å². The first kappa shape index (κ1) is 11.1. The second kappa shape index (κ2) is 6.50. The molecule has 0 radical (unpaired) electrons. The van der Waals surface area contributed by atoms with Gasteiger partial charge < -0.3 is 0 Å². The molecule has 1 rings (SSSR count). The molecule has 3 nitrogen and oxygen atoms in total. The van der Waals surface area contributed by atoms with Crippen molar-refractivity contribution in [3.63, 3.8) is 0 Å². The van der Waals surface area contributed by atoms with E-state index in [1.54, 1.807) is 13.1 Å². The molecule has 3 heteroatoms. The Balaban J connectivity index is 2.35. The number of nitrogens with zero attached hydrogens (tertiary/aromatic N) is 3. The number of rotatable bonds is 4. The number of hydrogen-bond donors (Lipinski definition) is 0. The summed E-state index contributed by atoms with van der Waals surface area (Å²) in [5.74, 6) is -0.182. The maximum Gasteiger partial charge on any atom is 0.0806 e. The minimum absolute atomic E-state index is 0.182. The minimum atomic E-state index is -0.182. The summed E-state index contributed by atoms with van der Waals surface area (Å²) in [4.78, 5) is 0. The van der Waals surface area contributed by atoms with E-state index in [2.05, 4.69) is 16.3 Å². The molecule has 0 saturated heterocycles. The van der Waals surface area contributed by atoms with Crippen molar-refractivity contribution in [2.45, 2.75) is 13.3 Å². The van der Waals surface area contributed by atoms with E-state index in [9.17, 15) is 0 Å². The standard InChI is InChI=1S/C12H13N3/c1-11(9-13)10-15-14-8-7-12-5-3-2-4-6-12/h2-6,8,10-11H,7H2,1H3. The zero-order chi connectivity index (χ0) is 10.9. The van der Waals surface area contributed by atoms with Gasteiger partial charge in [-0.15, -0.1) is 0 Å². The molecule has 0 bridgehead atoms. The quantitative estimate of drug-likeness (QED) is 0.542. The molecule has 0 aliphatic heterocycles. The first-order chi connectivity index (χ1) is 7.33. The molecule has 0 N–H and O–H groups in total. The third kappa shape index (κ3) is 4.72. The smallest absolute Gasteiger partial charge is 0.0806 e. The van der Waals surface area contributed by atoms with Crippen LogP contribution < -0.4 is 0 Å². The third-order valence-corrected chi connectivity index (χ3v) is 1.81. The van der Waals surface area contributed by atoms with Gasteiger partial charge in [-0.1, -0.05) is 30.3 Å². The Hall–Kier alpha value is -1.95. The third-order valence-electron chi connectivity index (χ3n) is 1.81. The fourth-order valence-electron chi connectivity index (χ4n) is 0.979. The molecule has 15 heavy (non-hydrogen) atoms. The summed E-state index contributed by atoms with van der Waals surface area (Å²) in [6.07, 6.45) is 4.02. The summed E-state index contributed by atoms with van der Waals surface area (Å²) >= 11 is 0. The van der Waals surface area contributed by atoms with Crippen LogP contribution in [0.1, 0.15) is 12.5 Å². The number of nitriles is 1. The van der Waals surface area contributed by atoms with Crippen molar-refractivity contribution < 1.29 is 0 Å². The lowest BCUT2D eigenvalue weighted by Crippen LogP contribution is -1.89. The zero-order valence-electron chi connectivity index (χ0n) is 8.67. The number of benzene rings is 1. The van der Waals surface area contributed by atoms with Gasteiger partial charge >= 0.3 is 0 Å². The molecule has 76 valence electrons. The van der Waals surface area contributed by atoms with E-state index in [4.69, 9.17) is 5.26 Å². The van der Waals surface area contributed by atoms with Crippen molar-refractivity contribution in [2.24, 2.45) is 16.1 Å². The molecule has 0 amide bonds. The Morgan fingerprint density at radius 2 is 2.07 bits per heavy atom. The van der Waals surface area contributed by atoms with Crippen LogP contribution >= 0.6 is 0 Å². The second-order valence-corrected chi connectivity index (χ2v) is 3.17. The summed E-state index contributed by atoms with van der Waals surface area (Å²) in [5.41, 5.74) is 1.20. The maximum atomic E-state index is 8.48. The van der Waals surface area contributed by atoms with Crippen molar-refractivity contribution in [1.29, 1.82) is 5.26 Å². The highest BCUT2D eigenvalue weighted by molar-refractivity contribution is 5.66. The largest absolute Gasteiger partial charge is 0.198 e. The molecule has 0 heterocycles. The molecule has 0 aromatic heterocycles. The minimum Gasteiger partial charge on any atom is -0.198 e. The Morgan fingerprint density at radius 1 is 1.33 bits per heavy atom. The van der Waals surface area contributed by atoms with E-state index in [1.165, 1.54) is 11.8 Å². The summed E-state index contributed by atoms with van der Waals surface area (Å²) in [6.45, 7) is 1.77. The molecule has 0 saturated carbocycles. The lowest BCUT2D eigenvalue weighted by Gasteiger charge is -1.92.